The van der Waals surface area contributed by atoms with Crippen molar-refractivity contribution in [3.05, 3.63) is 36.3 Å². The summed E-state index contributed by atoms with van der Waals surface area (Å²) in [6.45, 7) is 2.44. The lowest BCUT2D eigenvalue weighted by Crippen LogP contribution is -2.30. The molecule has 1 saturated carbocycles. The SMILES string of the molecule is CC=CC(=O)N(Cc1ccco1)C1CC1. The summed E-state index contributed by atoms with van der Waals surface area (Å²) >= 11 is 0. The summed E-state index contributed by atoms with van der Waals surface area (Å²) in [6.07, 6.45) is 7.26. The van der Waals surface area contributed by atoms with Crippen LogP contribution in [0.5, 0.6) is 0 Å². The van der Waals surface area contributed by atoms with Crippen LogP contribution in [0.2, 0.25) is 0 Å². The molecule has 15 heavy (non-hydrogen) atoms. The fraction of sp³-hybridized carbons (Fsp3) is 0.417. The van der Waals surface area contributed by atoms with E-state index in [1.807, 2.05) is 24.0 Å². The van der Waals surface area contributed by atoms with Crippen molar-refractivity contribution in [1.82, 2.24) is 4.90 Å². The number of amides is 1. The number of hydrogen-bond acceptors (Lipinski definition) is 2. The monoisotopic (exact) mass is 205 g/mol. The van der Waals surface area contributed by atoms with E-state index in [1.54, 1.807) is 18.4 Å². The number of carbonyl (C=O) groups excluding carboxylic acids is 1. The predicted molar refractivity (Wildman–Crippen MR) is 57.1 cm³/mol. The molecule has 1 aliphatic rings. The van der Waals surface area contributed by atoms with Crippen LogP contribution in [0.1, 0.15) is 25.5 Å². The van der Waals surface area contributed by atoms with Gasteiger partial charge in [-0.1, -0.05) is 6.08 Å². The Bertz CT molecular complexity index is 350. The van der Waals surface area contributed by atoms with E-state index in [9.17, 15) is 4.79 Å². The molecule has 1 aliphatic carbocycles. The molecule has 0 radical (unpaired) electrons. The Hall–Kier alpha value is -1.51. The Morgan fingerprint density at radius 3 is 3.00 bits per heavy atom. The fourth-order valence-electron chi connectivity index (χ4n) is 1.58. The van der Waals surface area contributed by atoms with E-state index in [0.717, 1.165) is 18.6 Å². The van der Waals surface area contributed by atoms with Crippen molar-refractivity contribution in [3.8, 4) is 0 Å². The second kappa shape index (κ2) is 4.34. The van der Waals surface area contributed by atoms with Crippen molar-refractivity contribution in [2.45, 2.75) is 32.4 Å². The average Bonchev–Trinajstić information content (AvgIpc) is 2.93. The summed E-state index contributed by atoms with van der Waals surface area (Å²) in [6, 6.07) is 4.16. The molecule has 0 bridgehead atoms. The van der Waals surface area contributed by atoms with Crippen molar-refractivity contribution >= 4 is 5.91 Å². The Kier molecular flexibility index (Phi) is 2.90. The van der Waals surface area contributed by atoms with E-state index >= 15 is 0 Å². The first-order chi connectivity index (χ1) is 7.31. The van der Waals surface area contributed by atoms with Gasteiger partial charge >= 0.3 is 0 Å². The van der Waals surface area contributed by atoms with E-state index in [4.69, 9.17) is 4.42 Å². The number of furan rings is 1. The minimum absolute atomic E-state index is 0.0800. The topological polar surface area (TPSA) is 33.5 Å². The van der Waals surface area contributed by atoms with E-state index in [-0.39, 0.29) is 5.91 Å². The summed E-state index contributed by atoms with van der Waals surface area (Å²) in [5.41, 5.74) is 0. The van der Waals surface area contributed by atoms with Gasteiger partial charge in [-0.15, -0.1) is 0 Å². The Balaban J connectivity index is 2.03. The van der Waals surface area contributed by atoms with Crippen LogP contribution in [-0.4, -0.2) is 16.8 Å². The van der Waals surface area contributed by atoms with Gasteiger partial charge in [-0.25, -0.2) is 0 Å². The van der Waals surface area contributed by atoms with Gasteiger partial charge < -0.3 is 9.32 Å². The Morgan fingerprint density at radius 1 is 1.67 bits per heavy atom. The van der Waals surface area contributed by atoms with Crippen LogP contribution in [-0.2, 0) is 11.3 Å². The molecular formula is C12H15NO2. The molecule has 3 heteroatoms. The van der Waals surface area contributed by atoms with Gasteiger partial charge in [-0.3, -0.25) is 4.79 Å². The minimum atomic E-state index is 0.0800. The standard InChI is InChI=1S/C12H15NO2/c1-2-4-12(14)13(10-6-7-10)9-11-5-3-8-15-11/h2-5,8,10H,6-7,9H2,1H3. The van der Waals surface area contributed by atoms with Crippen molar-refractivity contribution in [3.63, 3.8) is 0 Å². The quantitative estimate of drug-likeness (QED) is 0.707. The number of hydrogen-bond donors (Lipinski definition) is 0. The van der Waals surface area contributed by atoms with E-state index in [1.165, 1.54) is 0 Å². The van der Waals surface area contributed by atoms with Crippen molar-refractivity contribution in [1.29, 1.82) is 0 Å². The maximum Gasteiger partial charge on any atom is 0.246 e. The zero-order valence-electron chi connectivity index (χ0n) is 8.85. The molecule has 1 heterocycles. The van der Waals surface area contributed by atoms with Crippen LogP contribution in [0.3, 0.4) is 0 Å². The maximum atomic E-state index is 11.7. The third kappa shape index (κ3) is 2.49. The summed E-state index contributed by atoms with van der Waals surface area (Å²) < 4.78 is 5.25. The summed E-state index contributed by atoms with van der Waals surface area (Å²) in [4.78, 5) is 13.6. The molecular weight excluding hydrogens is 190 g/mol. The Morgan fingerprint density at radius 2 is 2.47 bits per heavy atom. The highest BCUT2D eigenvalue weighted by atomic mass is 16.3. The predicted octanol–water partition coefficient (Wildman–Crippen LogP) is 2.35. The molecule has 80 valence electrons. The second-order valence-electron chi connectivity index (χ2n) is 3.78. The van der Waals surface area contributed by atoms with Crippen LogP contribution >= 0.6 is 0 Å². The molecule has 0 spiro atoms. The number of rotatable bonds is 4. The fourth-order valence-corrected chi connectivity index (χ4v) is 1.58. The third-order valence-corrected chi connectivity index (χ3v) is 2.49. The largest absolute Gasteiger partial charge is 0.467 e. The highest BCUT2D eigenvalue weighted by molar-refractivity contribution is 5.87. The van der Waals surface area contributed by atoms with Crippen molar-refractivity contribution in [2.75, 3.05) is 0 Å². The normalized spacial score (nSPS) is 15.8. The van der Waals surface area contributed by atoms with Crippen LogP contribution < -0.4 is 0 Å². The lowest BCUT2D eigenvalue weighted by Gasteiger charge is -2.19. The molecule has 1 amide bonds. The number of carbonyl (C=O) groups is 1. The van der Waals surface area contributed by atoms with Gasteiger partial charge in [0.2, 0.25) is 5.91 Å². The molecule has 1 aromatic rings. The molecule has 0 saturated heterocycles. The highest BCUT2D eigenvalue weighted by Crippen LogP contribution is 2.28. The van der Waals surface area contributed by atoms with Crippen LogP contribution in [0.15, 0.2) is 35.0 Å². The zero-order valence-corrected chi connectivity index (χ0v) is 8.85. The van der Waals surface area contributed by atoms with Gasteiger partial charge in [-0.2, -0.15) is 0 Å². The van der Waals surface area contributed by atoms with Gasteiger partial charge in [0, 0.05) is 6.04 Å². The summed E-state index contributed by atoms with van der Waals surface area (Å²) in [5.74, 6) is 0.927. The molecule has 3 nitrogen and oxygen atoms in total. The lowest BCUT2D eigenvalue weighted by atomic mass is 10.3. The first-order valence-electron chi connectivity index (χ1n) is 5.27. The van der Waals surface area contributed by atoms with E-state index < -0.39 is 0 Å². The number of allylic oxidation sites excluding steroid dienone is 1. The Labute approximate surface area is 89.4 Å². The molecule has 1 aromatic heterocycles. The van der Waals surface area contributed by atoms with E-state index in [2.05, 4.69) is 0 Å². The highest BCUT2D eigenvalue weighted by Gasteiger charge is 2.31. The summed E-state index contributed by atoms with van der Waals surface area (Å²) in [7, 11) is 0. The minimum Gasteiger partial charge on any atom is -0.467 e. The maximum absolute atomic E-state index is 11.7. The third-order valence-electron chi connectivity index (χ3n) is 2.49. The smallest absolute Gasteiger partial charge is 0.246 e. The first-order valence-corrected chi connectivity index (χ1v) is 5.27. The molecule has 0 atom stereocenters. The molecule has 0 aliphatic heterocycles. The van der Waals surface area contributed by atoms with Gasteiger partial charge in [0.15, 0.2) is 0 Å². The van der Waals surface area contributed by atoms with E-state index in [0.29, 0.717) is 12.6 Å². The van der Waals surface area contributed by atoms with Crippen molar-refractivity contribution in [2.24, 2.45) is 0 Å². The average molecular weight is 205 g/mol. The molecule has 0 aromatic carbocycles. The van der Waals surface area contributed by atoms with Gasteiger partial charge in [0.1, 0.15) is 5.76 Å². The zero-order chi connectivity index (χ0) is 10.7. The number of nitrogens with zero attached hydrogens (tertiary/aromatic N) is 1. The van der Waals surface area contributed by atoms with Gasteiger partial charge in [0.05, 0.1) is 12.8 Å². The van der Waals surface area contributed by atoms with Gasteiger partial charge in [-0.05, 0) is 38.0 Å². The molecule has 1 fully saturated rings. The lowest BCUT2D eigenvalue weighted by molar-refractivity contribution is -0.127. The molecule has 0 N–H and O–H groups in total. The van der Waals surface area contributed by atoms with Crippen molar-refractivity contribution < 1.29 is 9.21 Å². The molecule has 0 unspecified atom stereocenters. The second-order valence-corrected chi connectivity index (χ2v) is 3.78. The summed E-state index contributed by atoms with van der Waals surface area (Å²) in [5, 5.41) is 0. The first kappa shape index (κ1) is 10.0. The van der Waals surface area contributed by atoms with Crippen LogP contribution in [0.25, 0.3) is 0 Å². The van der Waals surface area contributed by atoms with Crippen LogP contribution in [0, 0.1) is 0 Å². The molecule has 2 rings (SSSR count). The van der Waals surface area contributed by atoms with Crippen LogP contribution in [0.4, 0.5) is 0 Å². The van der Waals surface area contributed by atoms with Gasteiger partial charge in [0.25, 0.3) is 0 Å².